The predicted octanol–water partition coefficient (Wildman–Crippen LogP) is 4.18. The molecular formula is C25H26FN5O2. The smallest absolute Gasteiger partial charge is 0.230 e. The number of aryl methyl sites for hydroxylation is 2. The van der Waals surface area contributed by atoms with Gasteiger partial charge in [-0.1, -0.05) is 18.2 Å². The number of rotatable bonds is 6. The minimum atomic E-state index is -0.392. The number of H-pyrrole nitrogens is 2. The molecule has 4 aromatic rings. The normalized spacial score (nSPS) is 16.0. The van der Waals surface area contributed by atoms with Crippen LogP contribution in [0.2, 0.25) is 0 Å². The zero-order valence-corrected chi connectivity index (χ0v) is 18.7. The molecule has 2 N–H and O–H groups in total. The lowest BCUT2D eigenvalue weighted by Crippen LogP contribution is -2.30. The number of imidazole rings is 1. The summed E-state index contributed by atoms with van der Waals surface area (Å²) in [5.41, 5.74) is 5.83. The number of carbonyl (C=O) groups excluding carboxylic acids is 1. The van der Waals surface area contributed by atoms with Crippen LogP contribution in [0, 0.1) is 19.7 Å². The third-order valence-electron chi connectivity index (χ3n) is 6.12. The Morgan fingerprint density at radius 2 is 2.09 bits per heavy atom. The summed E-state index contributed by atoms with van der Waals surface area (Å²) in [7, 11) is 0. The highest BCUT2D eigenvalue weighted by molar-refractivity contribution is 5.82. The van der Waals surface area contributed by atoms with Crippen LogP contribution in [0.1, 0.15) is 40.7 Å². The minimum absolute atomic E-state index is 0.0598. The van der Waals surface area contributed by atoms with Crippen LogP contribution in [0.4, 0.5) is 4.39 Å². The van der Waals surface area contributed by atoms with Gasteiger partial charge in [0.25, 0.3) is 0 Å². The Morgan fingerprint density at radius 3 is 2.94 bits per heavy atom. The number of hydrogen-bond donors (Lipinski definition) is 2. The van der Waals surface area contributed by atoms with Gasteiger partial charge in [0.15, 0.2) is 11.6 Å². The molecule has 7 nitrogen and oxygen atoms in total. The van der Waals surface area contributed by atoms with E-state index in [4.69, 9.17) is 4.74 Å². The first kappa shape index (κ1) is 21.2. The van der Waals surface area contributed by atoms with E-state index in [0.29, 0.717) is 18.9 Å². The van der Waals surface area contributed by atoms with Crippen molar-refractivity contribution in [2.75, 3.05) is 13.1 Å². The predicted molar refractivity (Wildman–Crippen MR) is 123 cm³/mol. The molecule has 2 aromatic carbocycles. The van der Waals surface area contributed by atoms with Crippen molar-refractivity contribution in [3.05, 3.63) is 76.6 Å². The van der Waals surface area contributed by atoms with Crippen LogP contribution >= 0.6 is 0 Å². The van der Waals surface area contributed by atoms with Gasteiger partial charge in [-0.2, -0.15) is 5.10 Å². The fourth-order valence-electron chi connectivity index (χ4n) is 4.47. The van der Waals surface area contributed by atoms with Crippen molar-refractivity contribution in [2.24, 2.45) is 0 Å². The Labute approximate surface area is 191 Å². The van der Waals surface area contributed by atoms with Crippen LogP contribution in [0.25, 0.3) is 11.0 Å². The van der Waals surface area contributed by atoms with Gasteiger partial charge in [0.1, 0.15) is 12.4 Å². The van der Waals surface area contributed by atoms with E-state index < -0.39 is 5.82 Å². The van der Waals surface area contributed by atoms with Crippen molar-refractivity contribution in [2.45, 2.75) is 39.2 Å². The number of halogens is 1. The van der Waals surface area contributed by atoms with Gasteiger partial charge in [0, 0.05) is 19.0 Å². The van der Waals surface area contributed by atoms with Crippen molar-refractivity contribution < 1.29 is 13.9 Å². The van der Waals surface area contributed by atoms with Gasteiger partial charge in [0.2, 0.25) is 5.91 Å². The number of para-hydroxylation sites is 1. The molecule has 0 saturated carbocycles. The molecule has 1 fully saturated rings. The van der Waals surface area contributed by atoms with Crippen LogP contribution < -0.4 is 4.74 Å². The number of nitrogens with zero attached hydrogens (tertiary/aromatic N) is 3. The first-order valence-corrected chi connectivity index (χ1v) is 11.1. The molecule has 3 heterocycles. The first-order chi connectivity index (χ1) is 16.0. The summed E-state index contributed by atoms with van der Waals surface area (Å²) in [5.74, 6) is 0.733. The number of fused-ring (bicyclic) bond motifs is 1. The van der Waals surface area contributed by atoms with E-state index in [0.717, 1.165) is 34.4 Å². The highest BCUT2D eigenvalue weighted by Crippen LogP contribution is 2.27. The summed E-state index contributed by atoms with van der Waals surface area (Å²) in [6, 6.07) is 12.4. The average Bonchev–Trinajstić information content (AvgIpc) is 3.52. The lowest BCUT2D eigenvalue weighted by atomic mass is 10.1. The van der Waals surface area contributed by atoms with E-state index >= 15 is 0 Å². The highest BCUT2D eigenvalue weighted by atomic mass is 19.1. The van der Waals surface area contributed by atoms with Gasteiger partial charge in [-0.05, 0) is 55.7 Å². The summed E-state index contributed by atoms with van der Waals surface area (Å²) in [4.78, 5) is 22.7. The van der Waals surface area contributed by atoms with Gasteiger partial charge < -0.3 is 14.6 Å². The Bertz CT molecular complexity index is 1310. The van der Waals surface area contributed by atoms with E-state index in [9.17, 15) is 9.18 Å². The van der Waals surface area contributed by atoms with E-state index in [1.165, 1.54) is 11.6 Å². The van der Waals surface area contributed by atoms with Gasteiger partial charge in [-0.25, -0.2) is 9.37 Å². The Morgan fingerprint density at radius 1 is 1.24 bits per heavy atom. The Hall–Kier alpha value is -3.68. The molecule has 1 aliphatic rings. The summed E-state index contributed by atoms with van der Waals surface area (Å²) < 4.78 is 19.3. The molecule has 0 aliphatic carbocycles. The summed E-state index contributed by atoms with van der Waals surface area (Å²) in [6.45, 7) is 5.60. The van der Waals surface area contributed by atoms with Crippen LogP contribution in [-0.4, -0.2) is 44.1 Å². The molecule has 1 saturated heterocycles. The zero-order valence-electron chi connectivity index (χ0n) is 18.7. The molecule has 0 radical (unpaired) electrons. The topological polar surface area (TPSA) is 86.9 Å². The van der Waals surface area contributed by atoms with E-state index in [-0.39, 0.29) is 30.6 Å². The second kappa shape index (κ2) is 8.69. The van der Waals surface area contributed by atoms with Crippen molar-refractivity contribution >= 4 is 16.9 Å². The first-order valence-electron chi connectivity index (χ1n) is 11.1. The fourth-order valence-corrected chi connectivity index (χ4v) is 4.47. The molecule has 33 heavy (non-hydrogen) atoms. The van der Waals surface area contributed by atoms with Crippen molar-refractivity contribution in [3.8, 4) is 5.75 Å². The minimum Gasteiger partial charge on any atom is -0.484 e. The lowest BCUT2D eigenvalue weighted by Gasteiger charge is -2.15. The van der Waals surface area contributed by atoms with Crippen molar-refractivity contribution in [1.29, 1.82) is 0 Å². The zero-order chi connectivity index (χ0) is 22.9. The molecule has 5 rings (SSSR count). The monoisotopic (exact) mass is 447 g/mol. The molecule has 1 atom stereocenters. The third kappa shape index (κ3) is 4.46. The van der Waals surface area contributed by atoms with Crippen molar-refractivity contribution in [3.63, 3.8) is 0 Å². The molecule has 1 amide bonds. The second-order valence-corrected chi connectivity index (χ2v) is 8.70. The van der Waals surface area contributed by atoms with Gasteiger partial charge in [-0.15, -0.1) is 0 Å². The summed E-state index contributed by atoms with van der Waals surface area (Å²) >= 11 is 0. The van der Waals surface area contributed by atoms with Crippen LogP contribution in [0.15, 0.2) is 42.5 Å². The molecule has 1 aliphatic heterocycles. The highest BCUT2D eigenvalue weighted by Gasteiger charge is 2.29. The molecule has 0 unspecified atom stereocenters. The Balaban J connectivity index is 1.19. The van der Waals surface area contributed by atoms with Crippen LogP contribution in [0.5, 0.6) is 5.75 Å². The van der Waals surface area contributed by atoms with Crippen LogP contribution in [-0.2, 0) is 17.8 Å². The second-order valence-electron chi connectivity index (χ2n) is 8.70. The summed E-state index contributed by atoms with van der Waals surface area (Å²) in [6.07, 6.45) is 1.10. The number of likely N-dealkylation sites (tertiary alicyclic amines) is 1. The average molecular weight is 448 g/mol. The Kier molecular flexibility index (Phi) is 5.58. The summed E-state index contributed by atoms with van der Waals surface area (Å²) in [5, 5.41) is 7.37. The quantitative estimate of drug-likeness (QED) is 0.464. The van der Waals surface area contributed by atoms with Crippen LogP contribution in [0.3, 0.4) is 0 Å². The van der Waals surface area contributed by atoms with Crippen molar-refractivity contribution in [1.82, 2.24) is 25.1 Å². The number of benzene rings is 2. The molecular weight excluding hydrogens is 421 g/mol. The molecule has 0 spiro atoms. The maximum atomic E-state index is 13.7. The number of hydrogen-bond acceptors (Lipinski definition) is 4. The SMILES string of the molecule is Cc1cc(C)c2nc(CC(=O)N3CC[C@@H](c4cc(COc5ccccc5F)[nH]n4)C3)[nH]c2c1. The third-order valence-corrected chi connectivity index (χ3v) is 6.12. The number of carbonyl (C=O) groups is 1. The molecule has 0 bridgehead atoms. The number of ether oxygens (including phenoxy) is 1. The number of aromatic nitrogens is 4. The van der Waals surface area contributed by atoms with E-state index in [1.807, 2.05) is 17.9 Å². The number of amides is 1. The lowest BCUT2D eigenvalue weighted by molar-refractivity contribution is -0.129. The molecule has 8 heteroatoms. The van der Waals surface area contributed by atoms with E-state index in [1.54, 1.807) is 18.2 Å². The van der Waals surface area contributed by atoms with Gasteiger partial charge in [0.05, 0.1) is 28.8 Å². The van der Waals surface area contributed by atoms with Gasteiger partial charge in [-0.3, -0.25) is 9.89 Å². The van der Waals surface area contributed by atoms with E-state index in [2.05, 4.69) is 39.2 Å². The maximum Gasteiger partial charge on any atom is 0.230 e. The number of aromatic amines is 2. The van der Waals surface area contributed by atoms with Gasteiger partial charge >= 0.3 is 0 Å². The molecule has 170 valence electrons. The fraction of sp³-hybridized carbons (Fsp3) is 0.320. The number of nitrogens with one attached hydrogen (secondary N) is 2. The molecule has 2 aromatic heterocycles. The maximum absolute atomic E-state index is 13.7. The standard InChI is InChI=1S/C25H26FN5O2/c1-15-9-16(2)25-21(10-15)27-23(28-25)12-24(32)31-8-7-17(13-31)20-11-18(29-30-20)14-33-22-6-4-3-5-19(22)26/h3-6,9-11,17H,7-8,12-14H2,1-2H3,(H,27,28)(H,29,30)/t17-/m1/s1. The largest absolute Gasteiger partial charge is 0.484 e.